The van der Waals surface area contributed by atoms with Crippen LogP contribution in [0.2, 0.25) is 0 Å². The molecule has 0 aliphatic heterocycles. The lowest BCUT2D eigenvalue weighted by molar-refractivity contribution is 0.472. The second kappa shape index (κ2) is 9.41. The predicted octanol–water partition coefficient (Wildman–Crippen LogP) is 7.67. The molecule has 0 spiro atoms. The van der Waals surface area contributed by atoms with Crippen LogP contribution in [0.3, 0.4) is 0 Å². The molecule has 0 aliphatic carbocycles. The van der Waals surface area contributed by atoms with Gasteiger partial charge in [-0.05, 0) is 54.8 Å². The molecule has 5 aromatic carbocycles. The number of nitrogens with two attached hydrogens (primary N) is 1. The number of benzene rings is 5. The number of phenolic OH excluding ortho intramolecular Hbond substituents is 1. The summed E-state index contributed by atoms with van der Waals surface area (Å²) < 4.78 is 34.0. The maximum absolute atomic E-state index is 12.1. The smallest absolute Gasteiger partial charge is 0.296 e. The molecule has 184 valence electrons. The lowest BCUT2D eigenvalue weighted by atomic mass is 10.1. The number of rotatable bonds is 5. The number of fused-ring (bicyclic) bond motifs is 2. The molecule has 0 aliphatic rings. The highest BCUT2D eigenvalue weighted by atomic mass is 32.2. The van der Waals surface area contributed by atoms with Gasteiger partial charge in [0.25, 0.3) is 10.1 Å². The summed E-state index contributed by atoms with van der Waals surface area (Å²) in [6.45, 7) is 1.99. The van der Waals surface area contributed by atoms with Crippen LogP contribution in [-0.4, -0.2) is 18.1 Å². The van der Waals surface area contributed by atoms with Gasteiger partial charge in [0, 0.05) is 21.8 Å². The van der Waals surface area contributed by atoms with Gasteiger partial charge in [-0.15, -0.1) is 15.3 Å². The average molecular weight is 512 g/mol. The van der Waals surface area contributed by atoms with Crippen molar-refractivity contribution in [3.05, 3.63) is 90.5 Å². The van der Waals surface area contributed by atoms with E-state index < -0.39 is 26.5 Å². The minimum atomic E-state index is -4.72. The van der Waals surface area contributed by atoms with Gasteiger partial charge in [-0.2, -0.15) is 13.5 Å². The van der Waals surface area contributed by atoms with Crippen LogP contribution < -0.4 is 5.73 Å². The van der Waals surface area contributed by atoms with Crippen molar-refractivity contribution in [3.8, 4) is 5.75 Å². The summed E-state index contributed by atoms with van der Waals surface area (Å²) in [5.41, 5.74) is 8.64. The number of aromatic hydroxyl groups is 1. The van der Waals surface area contributed by atoms with E-state index in [2.05, 4.69) is 20.5 Å². The number of anilines is 1. The maximum Gasteiger partial charge on any atom is 0.296 e. The highest BCUT2D eigenvalue weighted by Crippen LogP contribution is 2.43. The summed E-state index contributed by atoms with van der Waals surface area (Å²) in [6.07, 6.45) is 0. The van der Waals surface area contributed by atoms with Gasteiger partial charge in [-0.1, -0.05) is 48.0 Å². The SMILES string of the molecule is Cc1ccc(N=Nc2ccc(N=Nc3c(S(=O)(=O)O)cc4ccc(N)cc4c3O)c3ccccc23)cc1. The van der Waals surface area contributed by atoms with Gasteiger partial charge in [0.1, 0.15) is 10.6 Å². The number of azo groups is 2. The van der Waals surface area contributed by atoms with Gasteiger partial charge in [0.15, 0.2) is 5.75 Å². The Morgan fingerprint density at radius 2 is 1.35 bits per heavy atom. The second-order valence-corrected chi connectivity index (χ2v) is 9.80. The Morgan fingerprint density at radius 1 is 0.730 bits per heavy atom. The molecule has 0 radical (unpaired) electrons. The largest absolute Gasteiger partial charge is 0.505 e. The van der Waals surface area contributed by atoms with Crippen LogP contribution in [0.4, 0.5) is 28.4 Å². The normalized spacial score (nSPS) is 12.3. The third-order valence-corrected chi connectivity index (χ3v) is 6.66. The number of nitrogen functional groups attached to an aromatic ring is 1. The monoisotopic (exact) mass is 511 g/mol. The first-order chi connectivity index (χ1) is 17.7. The molecular weight excluding hydrogens is 490 g/mol. The molecule has 0 bridgehead atoms. The van der Waals surface area contributed by atoms with E-state index in [1.165, 1.54) is 18.2 Å². The van der Waals surface area contributed by atoms with Gasteiger partial charge in [0.05, 0.1) is 17.1 Å². The Labute approximate surface area is 212 Å². The lowest BCUT2D eigenvalue weighted by Crippen LogP contribution is -1.99. The summed E-state index contributed by atoms with van der Waals surface area (Å²) in [4.78, 5) is -0.571. The number of nitrogens with zero attached hydrogens (tertiary/aromatic N) is 4. The lowest BCUT2D eigenvalue weighted by Gasteiger charge is -2.09. The number of hydrogen-bond donors (Lipinski definition) is 3. The summed E-state index contributed by atoms with van der Waals surface area (Å²) in [6, 6.07) is 24.2. The van der Waals surface area contributed by atoms with Gasteiger partial charge in [-0.25, -0.2) is 0 Å². The van der Waals surface area contributed by atoms with Crippen molar-refractivity contribution >= 4 is 60.1 Å². The zero-order chi connectivity index (χ0) is 26.2. The van der Waals surface area contributed by atoms with Crippen LogP contribution in [0.15, 0.2) is 110 Å². The zero-order valence-electron chi connectivity index (χ0n) is 19.6. The number of phenols is 1. The van der Waals surface area contributed by atoms with E-state index in [-0.39, 0.29) is 5.39 Å². The van der Waals surface area contributed by atoms with Crippen LogP contribution in [0, 0.1) is 6.92 Å². The summed E-state index contributed by atoms with van der Waals surface area (Å²) in [7, 11) is -4.72. The molecule has 5 rings (SSSR count). The molecule has 0 amide bonds. The Hall–Kier alpha value is -4.67. The first-order valence-electron chi connectivity index (χ1n) is 11.2. The Kier molecular flexibility index (Phi) is 6.12. The summed E-state index contributed by atoms with van der Waals surface area (Å²) in [5.74, 6) is -0.464. The van der Waals surface area contributed by atoms with Crippen molar-refractivity contribution in [1.29, 1.82) is 0 Å². The third kappa shape index (κ3) is 4.88. The fraction of sp³-hybridized carbons (Fsp3) is 0.0370. The fourth-order valence-electron chi connectivity index (χ4n) is 3.92. The maximum atomic E-state index is 12.1. The Morgan fingerprint density at radius 3 is 1.97 bits per heavy atom. The van der Waals surface area contributed by atoms with Crippen LogP contribution in [-0.2, 0) is 10.1 Å². The van der Waals surface area contributed by atoms with Crippen molar-refractivity contribution < 1.29 is 18.1 Å². The van der Waals surface area contributed by atoms with Crippen molar-refractivity contribution in [3.63, 3.8) is 0 Å². The molecule has 0 fully saturated rings. The van der Waals surface area contributed by atoms with E-state index >= 15 is 0 Å². The van der Waals surface area contributed by atoms with Crippen LogP contribution >= 0.6 is 0 Å². The number of hydrogen-bond acceptors (Lipinski definition) is 8. The minimum Gasteiger partial charge on any atom is -0.505 e. The van der Waals surface area contributed by atoms with Crippen molar-refractivity contribution in [2.24, 2.45) is 20.5 Å². The van der Waals surface area contributed by atoms with Gasteiger partial charge in [-0.3, -0.25) is 4.55 Å². The minimum absolute atomic E-state index is 0.276. The molecule has 5 aromatic rings. The molecular formula is C27H21N5O4S. The Bertz CT molecular complexity index is 1830. The van der Waals surface area contributed by atoms with E-state index in [9.17, 15) is 18.1 Å². The van der Waals surface area contributed by atoms with E-state index in [0.29, 0.717) is 33.5 Å². The fourth-order valence-corrected chi connectivity index (χ4v) is 4.58. The molecule has 10 heteroatoms. The van der Waals surface area contributed by atoms with Crippen molar-refractivity contribution in [2.45, 2.75) is 11.8 Å². The van der Waals surface area contributed by atoms with Crippen molar-refractivity contribution in [2.75, 3.05) is 5.73 Å². The van der Waals surface area contributed by atoms with E-state index in [0.717, 1.165) is 10.9 Å². The summed E-state index contributed by atoms with van der Waals surface area (Å²) >= 11 is 0. The van der Waals surface area contributed by atoms with E-state index in [1.807, 2.05) is 55.5 Å². The summed E-state index contributed by atoms with van der Waals surface area (Å²) in [5, 5.41) is 29.9. The predicted molar refractivity (Wildman–Crippen MR) is 143 cm³/mol. The molecule has 0 saturated heterocycles. The first kappa shape index (κ1) is 24.0. The highest BCUT2D eigenvalue weighted by Gasteiger charge is 2.22. The number of aryl methyl sites for hydroxylation is 1. The molecule has 0 heterocycles. The second-order valence-electron chi connectivity index (χ2n) is 8.41. The standard InChI is InChI=1S/C27H21N5O4S/c1-16-6-10-19(11-7-16)29-30-23-12-13-24(21-5-3-2-4-20(21)23)31-32-26-25(37(34,35)36)14-17-8-9-18(28)15-22(17)27(26)33/h2-15,33H,28H2,1H3,(H,34,35,36). The van der Waals surface area contributed by atoms with Crippen molar-refractivity contribution in [1.82, 2.24) is 0 Å². The average Bonchev–Trinajstić information content (AvgIpc) is 2.88. The first-order valence-corrected chi connectivity index (χ1v) is 12.6. The van der Waals surface area contributed by atoms with Crippen LogP contribution in [0.1, 0.15) is 5.56 Å². The molecule has 37 heavy (non-hydrogen) atoms. The van der Waals surface area contributed by atoms with Crippen LogP contribution in [0.25, 0.3) is 21.5 Å². The van der Waals surface area contributed by atoms with Crippen LogP contribution in [0.5, 0.6) is 5.75 Å². The molecule has 0 saturated carbocycles. The topological polar surface area (TPSA) is 150 Å². The van der Waals surface area contributed by atoms with Gasteiger partial charge >= 0.3 is 0 Å². The molecule has 0 unspecified atom stereocenters. The third-order valence-electron chi connectivity index (χ3n) is 5.80. The Balaban J connectivity index is 1.61. The molecule has 4 N–H and O–H groups in total. The van der Waals surface area contributed by atoms with E-state index in [4.69, 9.17) is 5.73 Å². The molecule has 0 aromatic heterocycles. The highest BCUT2D eigenvalue weighted by molar-refractivity contribution is 7.86. The van der Waals surface area contributed by atoms with Gasteiger partial charge < -0.3 is 10.8 Å². The zero-order valence-corrected chi connectivity index (χ0v) is 20.4. The van der Waals surface area contributed by atoms with E-state index in [1.54, 1.807) is 18.2 Å². The molecule has 0 atom stereocenters. The quantitative estimate of drug-likeness (QED) is 0.126. The molecule has 9 nitrogen and oxygen atoms in total. The van der Waals surface area contributed by atoms with Gasteiger partial charge in [0.2, 0.25) is 0 Å².